The SMILES string of the molecule is CNC(=O)CCS(=O)c1ccccc1C(=O)O. The number of hydrogen-bond donors (Lipinski definition) is 2. The van der Waals surface area contributed by atoms with Crippen LogP contribution in [-0.4, -0.2) is 34.0 Å². The molecule has 17 heavy (non-hydrogen) atoms. The Morgan fingerprint density at radius 2 is 2.00 bits per heavy atom. The van der Waals surface area contributed by atoms with Gasteiger partial charge in [0, 0.05) is 19.2 Å². The van der Waals surface area contributed by atoms with E-state index in [1.807, 2.05) is 0 Å². The molecular formula is C11H13NO4S. The highest BCUT2D eigenvalue weighted by molar-refractivity contribution is 7.85. The van der Waals surface area contributed by atoms with E-state index in [9.17, 15) is 13.8 Å². The molecule has 0 aliphatic rings. The van der Waals surface area contributed by atoms with Crippen LogP contribution < -0.4 is 5.32 Å². The van der Waals surface area contributed by atoms with Gasteiger partial charge in [-0.15, -0.1) is 0 Å². The number of amides is 1. The fourth-order valence-corrected chi connectivity index (χ4v) is 2.48. The van der Waals surface area contributed by atoms with Crippen LogP contribution in [0.4, 0.5) is 0 Å². The van der Waals surface area contributed by atoms with E-state index >= 15 is 0 Å². The van der Waals surface area contributed by atoms with Crippen molar-refractivity contribution in [2.75, 3.05) is 12.8 Å². The first kappa shape index (κ1) is 13.4. The lowest BCUT2D eigenvalue weighted by Crippen LogP contribution is -2.20. The summed E-state index contributed by atoms with van der Waals surface area (Å²) in [6.07, 6.45) is 0.108. The minimum Gasteiger partial charge on any atom is -0.478 e. The Hall–Kier alpha value is -1.69. The Morgan fingerprint density at radius 3 is 2.59 bits per heavy atom. The summed E-state index contributed by atoms with van der Waals surface area (Å²) in [6, 6.07) is 6.10. The van der Waals surface area contributed by atoms with Gasteiger partial charge in [0.05, 0.1) is 21.3 Å². The van der Waals surface area contributed by atoms with Crippen molar-refractivity contribution >= 4 is 22.7 Å². The van der Waals surface area contributed by atoms with Crippen molar-refractivity contribution in [3.63, 3.8) is 0 Å². The molecule has 6 heteroatoms. The molecular weight excluding hydrogens is 242 g/mol. The Labute approximate surface area is 101 Å². The molecule has 0 heterocycles. The predicted octanol–water partition coefficient (Wildman–Crippen LogP) is 0.628. The molecule has 0 aliphatic carbocycles. The molecule has 0 aliphatic heterocycles. The summed E-state index contributed by atoms with van der Waals surface area (Å²) in [4.78, 5) is 22.2. The van der Waals surface area contributed by atoms with Crippen LogP contribution in [0.1, 0.15) is 16.8 Å². The van der Waals surface area contributed by atoms with Crippen molar-refractivity contribution in [2.45, 2.75) is 11.3 Å². The molecule has 1 amide bonds. The molecule has 0 bridgehead atoms. The van der Waals surface area contributed by atoms with Crippen molar-refractivity contribution in [3.05, 3.63) is 29.8 Å². The summed E-state index contributed by atoms with van der Waals surface area (Å²) in [7, 11) is 0.0171. The van der Waals surface area contributed by atoms with Crippen molar-refractivity contribution in [2.24, 2.45) is 0 Å². The van der Waals surface area contributed by atoms with Crippen molar-refractivity contribution in [1.29, 1.82) is 0 Å². The van der Waals surface area contributed by atoms with E-state index < -0.39 is 16.8 Å². The minimum atomic E-state index is -1.48. The zero-order chi connectivity index (χ0) is 12.8. The number of carbonyl (C=O) groups excluding carboxylic acids is 1. The first-order chi connectivity index (χ1) is 8.06. The average Bonchev–Trinajstić information content (AvgIpc) is 2.35. The standard InChI is InChI=1S/C11H13NO4S/c1-12-10(13)6-7-17(16)9-5-3-2-4-8(9)11(14)15/h2-5H,6-7H2,1H3,(H,12,13)(H,14,15). The van der Waals surface area contributed by atoms with Gasteiger partial charge in [-0.1, -0.05) is 12.1 Å². The fraction of sp³-hybridized carbons (Fsp3) is 0.273. The summed E-state index contributed by atoms with van der Waals surface area (Å²) in [5.41, 5.74) is 0.0164. The van der Waals surface area contributed by atoms with Gasteiger partial charge in [0.2, 0.25) is 5.91 Å². The lowest BCUT2D eigenvalue weighted by Gasteiger charge is -2.05. The quantitative estimate of drug-likeness (QED) is 0.808. The van der Waals surface area contributed by atoms with E-state index in [-0.39, 0.29) is 28.5 Å². The number of carboxylic acids is 1. The third kappa shape index (κ3) is 3.67. The zero-order valence-corrected chi connectivity index (χ0v) is 10.1. The molecule has 1 unspecified atom stereocenters. The highest BCUT2D eigenvalue weighted by Gasteiger charge is 2.15. The van der Waals surface area contributed by atoms with E-state index in [1.165, 1.54) is 19.2 Å². The molecule has 1 atom stereocenters. The molecule has 0 saturated heterocycles. The van der Waals surface area contributed by atoms with E-state index in [1.54, 1.807) is 12.1 Å². The summed E-state index contributed by atoms with van der Waals surface area (Å²) in [5, 5.41) is 11.3. The molecule has 5 nitrogen and oxygen atoms in total. The number of nitrogens with one attached hydrogen (secondary N) is 1. The lowest BCUT2D eigenvalue weighted by molar-refractivity contribution is -0.120. The second-order valence-corrected chi connectivity index (χ2v) is 4.81. The van der Waals surface area contributed by atoms with Gasteiger partial charge in [0.25, 0.3) is 0 Å². The molecule has 0 fully saturated rings. The van der Waals surface area contributed by atoms with Crippen LogP contribution in [0.15, 0.2) is 29.2 Å². The summed E-state index contributed by atoms with van der Waals surface area (Å²) < 4.78 is 11.9. The van der Waals surface area contributed by atoms with Gasteiger partial charge < -0.3 is 10.4 Å². The van der Waals surface area contributed by atoms with Crippen molar-refractivity contribution in [3.8, 4) is 0 Å². The molecule has 1 aromatic carbocycles. The lowest BCUT2D eigenvalue weighted by atomic mass is 10.2. The minimum absolute atomic E-state index is 0.0164. The van der Waals surface area contributed by atoms with Crippen LogP contribution in [0.25, 0.3) is 0 Å². The van der Waals surface area contributed by atoms with Crippen LogP contribution in [0.2, 0.25) is 0 Å². The van der Waals surface area contributed by atoms with Crippen molar-refractivity contribution in [1.82, 2.24) is 5.32 Å². The van der Waals surface area contributed by atoms with Gasteiger partial charge >= 0.3 is 5.97 Å². The Balaban J connectivity index is 2.82. The third-order valence-electron chi connectivity index (χ3n) is 2.16. The zero-order valence-electron chi connectivity index (χ0n) is 9.30. The molecule has 92 valence electrons. The second-order valence-electron chi connectivity index (χ2n) is 3.27. The molecule has 1 rings (SSSR count). The summed E-state index contributed by atoms with van der Waals surface area (Å²) in [6.45, 7) is 0. The van der Waals surface area contributed by atoms with Gasteiger partial charge in [-0.3, -0.25) is 9.00 Å². The molecule has 1 aromatic rings. The van der Waals surface area contributed by atoms with Gasteiger partial charge in [-0.2, -0.15) is 0 Å². The van der Waals surface area contributed by atoms with Crippen LogP contribution in [-0.2, 0) is 15.6 Å². The van der Waals surface area contributed by atoms with Crippen LogP contribution in [0.3, 0.4) is 0 Å². The maximum absolute atomic E-state index is 11.9. The number of aromatic carboxylic acids is 1. The van der Waals surface area contributed by atoms with E-state index in [2.05, 4.69) is 5.32 Å². The smallest absolute Gasteiger partial charge is 0.336 e. The third-order valence-corrected chi connectivity index (χ3v) is 3.58. The molecule has 0 aromatic heterocycles. The van der Waals surface area contributed by atoms with Crippen LogP contribution >= 0.6 is 0 Å². The predicted molar refractivity (Wildman–Crippen MR) is 63.4 cm³/mol. The normalized spacial score (nSPS) is 11.8. The molecule has 0 radical (unpaired) electrons. The van der Waals surface area contributed by atoms with Crippen LogP contribution in [0.5, 0.6) is 0 Å². The molecule has 0 saturated carbocycles. The maximum atomic E-state index is 11.9. The van der Waals surface area contributed by atoms with E-state index in [4.69, 9.17) is 5.11 Å². The van der Waals surface area contributed by atoms with Gasteiger partial charge in [0.1, 0.15) is 0 Å². The topological polar surface area (TPSA) is 83.5 Å². The van der Waals surface area contributed by atoms with Crippen LogP contribution in [0, 0.1) is 0 Å². The number of rotatable bonds is 5. The maximum Gasteiger partial charge on any atom is 0.336 e. The highest BCUT2D eigenvalue weighted by atomic mass is 32.2. The van der Waals surface area contributed by atoms with E-state index in [0.717, 1.165) is 0 Å². The van der Waals surface area contributed by atoms with Gasteiger partial charge in [0.15, 0.2) is 0 Å². The second kappa shape index (κ2) is 6.15. The largest absolute Gasteiger partial charge is 0.478 e. The van der Waals surface area contributed by atoms with Gasteiger partial charge in [-0.05, 0) is 12.1 Å². The Bertz CT molecular complexity index is 459. The Morgan fingerprint density at radius 1 is 1.35 bits per heavy atom. The monoisotopic (exact) mass is 255 g/mol. The van der Waals surface area contributed by atoms with E-state index in [0.29, 0.717) is 0 Å². The highest BCUT2D eigenvalue weighted by Crippen LogP contribution is 2.14. The summed E-state index contributed by atoms with van der Waals surface area (Å²) >= 11 is 0. The fourth-order valence-electron chi connectivity index (χ4n) is 1.26. The number of benzene rings is 1. The van der Waals surface area contributed by atoms with Gasteiger partial charge in [-0.25, -0.2) is 4.79 Å². The molecule has 2 N–H and O–H groups in total. The average molecular weight is 255 g/mol. The number of carboxylic acid groups (broad SMARTS) is 1. The summed E-state index contributed by atoms with van der Waals surface area (Å²) in [5.74, 6) is -1.22. The Kier molecular flexibility index (Phi) is 4.84. The van der Waals surface area contributed by atoms with Crippen molar-refractivity contribution < 1.29 is 18.9 Å². The number of hydrogen-bond acceptors (Lipinski definition) is 3. The first-order valence-electron chi connectivity index (χ1n) is 4.97. The molecule has 0 spiro atoms. The number of carbonyl (C=O) groups is 2. The first-order valence-corrected chi connectivity index (χ1v) is 6.29.